The van der Waals surface area contributed by atoms with Gasteiger partial charge in [0.15, 0.2) is 11.5 Å². The predicted molar refractivity (Wildman–Crippen MR) is 88.7 cm³/mol. The summed E-state index contributed by atoms with van der Waals surface area (Å²) in [5.74, 6) is 2.24. The molecular formula is C17H20N4O3. The van der Waals surface area contributed by atoms with Crippen molar-refractivity contribution in [2.24, 2.45) is 11.7 Å². The molecule has 1 fully saturated rings. The number of carbonyl (C=O) groups is 1. The average Bonchev–Trinajstić information content (AvgIpc) is 3.28. The van der Waals surface area contributed by atoms with Crippen LogP contribution < -0.4 is 20.5 Å². The quantitative estimate of drug-likeness (QED) is 0.799. The summed E-state index contributed by atoms with van der Waals surface area (Å²) >= 11 is 0. The standard InChI is InChI=1S/C17H20N4O3/c18-13-3-1-2-11(13)7-16(22)20-17-12(8-19-21-17)10-4-5-14-15(6-10)24-9-23-14/h4-6,8,11,13H,1-3,7,9,18H2,(H2,19,20,21,22)/t11-,13+/m0/s1. The largest absolute Gasteiger partial charge is 0.454 e. The van der Waals surface area contributed by atoms with Crippen molar-refractivity contribution in [3.8, 4) is 22.6 Å². The van der Waals surface area contributed by atoms with E-state index in [-0.39, 0.29) is 24.7 Å². The Labute approximate surface area is 139 Å². The van der Waals surface area contributed by atoms with Gasteiger partial charge in [-0.25, -0.2) is 0 Å². The number of amides is 1. The van der Waals surface area contributed by atoms with Gasteiger partial charge in [0, 0.05) is 18.0 Å². The molecule has 7 nitrogen and oxygen atoms in total. The second kappa shape index (κ2) is 6.16. The average molecular weight is 328 g/mol. The zero-order chi connectivity index (χ0) is 16.5. The molecule has 126 valence electrons. The molecule has 0 saturated heterocycles. The van der Waals surface area contributed by atoms with E-state index in [1.165, 1.54) is 0 Å². The SMILES string of the molecule is N[C@@H]1CCC[C@H]1CC(=O)Nc1[nH]ncc1-c1ccc2c(c1)OCO2. The lowest BCUT2D eigenvalue weighted by molar-refractivity contribution is -0.117. The van der Waals surface area contributed by atoms with E-state index in [0.717, 1.165) is 36.1 Å². The summed E-state index contributed by atoms with van der Waals surface area (Å²) < 4.78 is 10.7. The number of hydrogen-bond acceptors (Lipinski definition) is 5. The fourth-order valence-electron chi connectivity index (χ4n) is 3.41. The summed E-state index contributed by atoms with van der Waals surface area (Å²) in [7, 11) is 0. The number of hydrogen-bond donors (Lipinski definition) is 3. The van der Waals surface area contributed by atoms with Crippen molar-refractivity contribution in [3.63, 3.8) is 0 Å². The lowest BCUT2D eigenvalue weighted by Gasteiger charge is -2.14. The maximum Gasteiger partial charge on any atom is 0.231 e. The molecule has 0 spiro atoms. The minimum atomic E-state index is -0.0383. The van der Waals surface area contributed by atoms with E-state index in [9.17, 15) is 4.79 Å². The summed E-state index contributed by atoms with van der Waals surface area (Å²) in [5, 5.41) is 9.83. The van der Waals surface area contributed by atoms with Crippen LogP contribution in [0.15, 0.2) is 24.4 Å². The highest BCUT2D eigenvalue weighted by atomic mass is 16.7. The highest BCUT2D eigenvalue weighted by Gasteiger charge is 2.26. The number of aromatic amines is 1. The minimum Gasteiger partial charge on any atom is -0.454 e. The van der Waals surface area contributed by atoms with E-state index in [1.54, 1.807) is 6.20 Å². The Bertz CT molecular complexity index is 758. The summed E-state index contributed by atoms with van der Waals surface area (Å²) in [4.78, 5) is 12.3. The Morgan fingerprint density at radius 2 is 2.21 bits per heavy atom. The number of rotatable bonds is 4. The number of fused-ring (bicyclic) bond motifs is 1. The van der Waals surface area contributed by atoms with E-state index in [0.29, 0.717) is 18.0 Å². The Balaban J connectivity index is 1.49. The number of carbonyl (C=O) groups excluding carboxylic acids is 1. The summed E-state index contributed by atoms with van der Waals surface area (Å²) in [6.07, 6.45) is 5.26. The summed E-state index contributed by atoms with van der Waals surface area (Å²) in [6.45, 7) is 0.232. The maximum absolute atomic E-state index is 12.3. The van der Waals surface area contributed by atoms with Gasteiger partial charge < -0.3 is 20.5 Å². The van der Waals surface area contributed by atoms with Crippen molar-refractivity contribution in [3.05, 3.63) is 24.4 Å². The van der Waals surface area contributed by atoms with Gasteiger partial charge in [0.1, 0.15) is 5.82 Å². The molecule has 1 aliphatic carbocycles. The first-order valence-corrected chi connectivity index (χ1v) is 8.19. The number of nitrogens with one attached hydrogen (secondary N) is 2. The van der Waals surface area contributed by atoms with Gasteiger partial charge in [-0.15, -0.1) is 0 Å². The van der Waals surface area contributed by atoms with Crippen LogP contribution in [-0.2, 0) is 4.79 Å². The lowest BCUT2D eigenvalue weighted by Crippen LogP contribution is -2.28. The van der Waals surface area contributed by atoms with Gasteiger partial charge in [0.25, 0.3) is 0 Å². The van der Waals surface area contributed by atoms with Crippen LogP contribution in [0, 0.1) is 5.92 Å². The maximum atomic E-state index is 12.3. The molecule has 2 heterocycles. The van der Waals surface area contributed by atoms with Gasteiger partial charge in [-0.2, -0.15) is 5.10 Å². The topological polar surface area (TPSA) is 102 Å². The van der Waals surface area contributed by atoms with Gasteiger partial charge in [-0.1, -0.05) is 12.5 Å². The number of H-pyrrole nitrogens is 1. The van der Waals surface area contributed by atoms with Crippen molar-refractivity contribution in [2.45, 2.75) is 31.7 Å². The molecule has 0 bridgehead atoms. The molecule has 2 aliphatic rings. The molecule has 4 N–H and O–H groups in total. The second-order valence-electron chi connectivity index (χ2n) is 6.33. The van der Waals surface area contributed by atoms with Gasteiger partial charge in [0.05, 0.1) is 6.20 Å². The molecule has 0 unspecified atom stereocenters. The zero-order valence-corrected chi connectivity index (χ0v) is 13.2. The highest BCUT2D eigenvalue weighted by Crippen LogP contribution is 2.37. The number of ether oxygens (including phenoxy) is 2. The van der Waals surface area contributed by atoms with Crippen molar-refractivity contribution in [2.75, 3.05) is 12.1 Å². The third-order valence-corrected chi connectivity index (χ3v) is 4.75. The van der Waals surface area contributed by atoms with Gasteiger partial charge in [-0.3, -0.25) is 9.89 Å². The predicted octanol–water partition coefficient (Wildman–Crippen LogP) is 2.26. The minimum absolute atomic E-state index is 0.0383. The third-order valence-electron chi connectivity index (χ3n) is 4.75. The molecule has 1 amide bonds. The van der Waals surface area contributed by atoms with E-state index < -0.39 is 0 Å². The summed E-state index contributed by atoms with van der Waals surface area (Å²) in [5.41, 5.74) is 7.77. The smallest absolute Gasteiger partial charge is 0.231 e. The molecule has 1 aromatic heterocycles. The zero-order valence-electron chi connectivity index (χ0n) is 13.2. The lowest BCUT2D eigenvalue weighted by atomic mass is 10.00. The van der Waals surface area contributed by atoms with Crippen LogP contribution in [0.5, 0.6) is 11.5 Å². The normalized spacial score (nSPS) is 21.9. The van der Waals surface area contributed by atoms with Crippen molar-refractivity contribution in [1.82, 2.24) is 10.2 Å². The van der Waals surface area contributed by atoms with Crippen LogP contribution in [-0.4, -0.2) is 28.9 Å². The van der Waals surface area contributed by atoms with Crippen LogP contribution >= 0.6 is 0 Å². The van der Waals surface area contributed by atoms with E-state index in [1.807, 2.05) is 18.2 Å². The van der Waals surface area contributed by atoms with Crippen LogP contribution in [0.3, 0.4) is 0 Å². The van der Waals surface area contributed by atoms with Crippen molar-refractivity contribution < 1.29 is 14.3 Å². The van der Waals surface area contributed by atoms with Gasteiger partial charge >= 0.3 is 0 Å². The Hall–Kier alpha value is -2.54. The number of benzene rings is 1. The molecule has 1 aromatic carbocycles. The molecule has 4 rings (SSSR count). The molecular weight excluding hydrogens is 308 g/mol. The molecule has 0 radical (unpaired) electrons. The van der Waals surface area contributed by atoms with Crippen LogP contribution in [0.1, 0.15) is 25.7 Å². The fraction of sp³-hybridized carbons (Fsp3) is 0.412. The first-order valence-electron chi connectivity index (χ1n) is 8.19. The molecule has 2 atom stereocenters. The second-order valence-corrected chi connectivity index (χ2v) is 6.33. The first-order chi connectivity index (χ1) is 11.7. The molecule has 1 saturated carbocycles. The van der Waals surface area contributed by atoms with E-state index >= 15 is 0 Å². The highest BCUT2D eigenvalue weighted by molar-refractivity contribution is 5.94. The monoisotopic (exact) mass is 328 g/mol. The van der Waals surface area contributed by atoms with E-state index in [4.69, 9.17) is 15.2 Å². The molecule has 2 aromatic rings. The fourth-order valence-corrected chi connectivity index (χ4v) is 3.41. The van der Waals surface area contributed by atoms with Crippen LogP contribution in [0.25, 0.3) is 11.1 Å². The van der Waals surface area contributed by atoms with E-state index in [2.05, 4.69) is 15.5 Å². The Kier molecular flexibility index (Phi) is 3.86. The summed E-state index contributed by atoms with van der Waals surface area (Å²) in [6, 6.07) is 5.79. The van der Waals surface area contributed by atoms with Crippen LogP contribution in [0.2, 0.25) is 0 Å². The Morgan fingerprint density at radius 3 is 3.04 bits per heavy atom. The third kappa shape index (κ3) is 2.82. The van der Waals surface area contributed by atoms with Gasteiger partial charge in [0.2, 0.25) is 12.7 Å². The number of nitrogens with two attached hydrogens (primary N) is 1. The number of aromatic nitrogens is 2. The molecule has 1 aliphatic heterocycles. The molecule has 7 heteroatoms. The van der Waals surface area contributed by atoms with Crippen molar-refractivity contribution in [1.29, 1.82) is 0 Å². The number of anilines is 1. The van der Waals surface area contributed by atoms with Crippen LogP contribution in [0.4, 0.5) is 5.82 Å². The van der Waals surface area contributed by atoms with Gasteiger partial charge in [-0.05, 0) is 36.5 Å². The first kappa shape index (κ1) is 15.0. The molecule has 24 heavy (non-hydrogen) atoms. The Morgan fingerprint density at radius 1 is 1.33 bits per heavy atom. The van der Waals surface area contributed by atoms with Crippen molar-refractivity contribution >= 4 is 11.7 Å². The number of nitrogens with zero attached hydrogens (tertiary/aromatic N) is 1.